The van der Waals surface area contributed by atoms with E-state index < -0.39 is 0 Å². The monoisotopic (exact) mass is 501 g/mol. The van der Waals surface area contributed by atoms with E-state index in [0.717, 1.165) is 42.0 Å². The maximum Gasteiger partial charge on any atom is 0.194 e. The largest absolute Gasteiger partial charge is 0.379 e. The van der Waals surface area contributed by atoms with Gasteiger partial charge in [-0.15, -0.1) is 35.3 Å². The second-order valence-electron chi connectivity index (χ2n) is 5.32. The van der Waals surface area contributed by atoms with Crippen LogP contribution in [0.2, 0.25) is 0 Å². The Morgan fingerprint density at radius 3 is 2.86 bits per heavy atom. The van der Waals surface area contributed by atoms with Gasteiger partial charge in [0.1, 0.15) is 0 Å². The van der Waals surface area contributed by atoms with Crippen molar-refractivity contribution in [2.45, 2.75) is 26.3 Å². The van der Waals surface area contributed by atoms with Gasteiger partial charge < -0.3 is 15.0 Å². The normalized spacial score (nSPS) is 14.6. The molecule has 22 heavy (non-hydrogen) atoms. The molecule has 1 saturated carbocycles. The van der Waals surface area contributed by atoms with Gasteiger partial charge in [0.05, 0.1) is 16.9 Å². The highest BCUT2D eigenvalue weighted by Crippen LogP contribution is 2.28. The summed E-state index contributed by atoms with van der Waals surface area (Å²) in [4.78, 5) is 8.09. The summed E-state index contributed by atoms with van der Waals surface area (Å²) in [6.07, 6.45) is 2.69. The van der Waals surface area contributed by atoms with Crippen molar-refractivity contribution in [3.63, 3.8) is 0 Å². The second kappa shape index (κ2) is 10.8. The highest BCUT2D eigenvalue weighted by Gasteiger charge is 2.21. The Balaban J connectivity index is 0.00000242. The highest BCUT2D eigenvalue weighted by molar-refractivity contribution is 14.0. The van der Waals surface area contributed by atoms with Crippen molar-refractivity contribution >= 4 is 57.2 Å². The predicted octanol–water partition coefficient (Wildman–Crippen LogP) is 3.95. The van der Waals surface area contributed by atoms with Gasteiger partial charge in [0, 0.05) is 31.6 Å². The summed E-state index contributed by atoms with van der Waals surface area (Å²) in [6.45, 7) is 6.24. The lowest BCUT2D eigenvalue weighted by Crippen LogP contribution is -2.40. The van der Waals surface area contributed by atoms with Crippen molar-refractivity contribution in [2.24, 2.45) is 10.9 Å². The number of ether oxygens (including phenoxy) is 1. The number of aliphatic imine (C=N–C) groups is 1. The Bertz CT molecular complexity index is 465. The standard InChI is InChI=1S/C15H24BrN3OS.HI/c1-3-17-15(18-10-13-6-7-14(16)21-13)19(2)8-9-20-11-12-4-5-12;/h6-7,12H,3-5,8-11H2,1-2H3,(H,17,18);1H. The minimum Gasteiger partial charge on any atom is -0.379 e. The molecule has 1 N–H and O–H groups in total. The van der Waals surface area contributed by atoms with Crippen molar-refractivity contribution in [1.82, 2.24) is 10.2 Å². The molecule has 0 amide bonds. The Kier molecular flexibility index (Phi) is 9.94. The molecule has 126 valence electrons. The van der Waals surface area contributed by atoms with Crippen LogP contribution in [0.3, 0.4) is 0 Å². The van der Waals surface area contributed by atoms with E-state index in [0.29, 0.717) is 6.54 Å². The molecule has 0 bridgehead atoms. The lowest BCUT2D eigenvalue weighted by atomic mass is 10.4. The first kappa shape index (κ1) is 20.2. The minimum absolute atomic E-state index is 0. The summed E-state index contributed by atoms with van der Waals surface area (Å²) in [5.41, 5.74) is 0. The third-order valence-corrected chi connectivity index (χ3v) is 4.94. The molecule has 1 aliphatic carbocycles. The number of nitrogens with one attached hydrogen (secondary N) is 1. The molecule has 0 radical (unpaired) electrons. The maximum absolute atomic E-state index is 5.69. The average molecular weight is 502 g/mol. The van der Waals surface area contributed by atoms with E-state index in [1.165, 1.54) is 17.7 Å². The molecular weight excluding hydrogens is 477 g/mol. The Labute approximate surface area is 162 Å². The average Bonchev–Trinajstić information content (AvgIpc) is 3.20. The van der Waals surface area contributed by atoms with E-state index in [1.54, 1.807) is 11.3 Å². The molecule has 0 aromatic carbocycles. The van der Waals surface area contributed by atoms with Crippen LogP contribution in [-0.2, 0) is 11.3 Å². The van der Waals surface area contributed by atoms with Crippen molar-refractivity contribution in [2.75, 3.05) is 33.4 Å². The predicted molar refractivity (Wildman–Crippen MR) is 108 cm³/mol. The Morgan fingerprint density at radius 2 is 2.27 bits per heavy atom. The molecule has 0 unspecified atom stereocenters. The minimum atomic E-state index is 0. The van der Waals surface area contributed by atoms with Crippen molar-refractivity contribution in [3.05, 3.63) is 20.8 Å². The number of nitrogens with zero attached hydrogens (tertiary/aromatic N) is 2. The van der Waals surface area contributed by atoms with E-state index in [9.17, 15) is 0 Å². The van der Waals surface area contributed by atoms with Gasteiger partial charge in [-0.25, -0.2) is 4.99 Å². The zero-order valence-electron chi connectivity index (χ0n) is 13.2. The molecular formula is C15H25BrIN3OS. The number of thiophene rings is 1. The number of hydrogen-bond acceptors (Lipinski definition) is 3. The smallest absolute Gasteiger partial charge is 0.194 e. The highest BCUT2D eigenvalue weighted by atomic mass is 127. The van der Waals surface area contributed by atoms with Gasteiger partial charge in [-0.05, 0) is 53.7 Å². The van der Waals surface area contributed by atoms with Gasteiger partial charge >= 0.3 is 0 Å². The van der Waals surface area contributed by atoms with Crippen LogP contribution < -0.4 is 5.32 Å². The van der Waals surface area contributed by atoms with Crippen LogP contribution in [0.15, 0.2) is 20.9 Å². The molecule has 0 atom stereocenters. The molecule has 0 aliphatic heterocycles. The first-order chi connectivity index (χ1) is 10.2. The van der Waals surface area contributed by atoms with Gasteiger partial charge in [0.2, 0.25) is 0 Å². The molecule has 0 saturated heterocycles. The van der Waals surface area contributed by atoms with Gasteiger partial charge in [0.25, 0.3) is 0 Å². The van der Waals surface area contributed by atoms with E-state index in [2.05, 4.69) is 57.2 Å². The molecule has 1 heterocycles. The molecule has 1 fully saturated rings. The molecule has 0 spiro atoms. The van der Waals surface area contributed by atoms with Gasteiger partial charge in [-0.3, -0.25) is 0 Å². The van der Waals surface area contributed by atoms with Gasteiger partial charge in [0.15, 0.2) is 5.96 Å². The zero-order valence-corrected chi connectivity index (χ0v) is 17.9. The topological polar surface area (TPSA) is 36.9 Å². The fourth-order valence-corrected chi connectivity index (χ4v) is 3.31. The van der Waals surface area contributed by atoms with Gasteiger partial charge in [-0.2, -0.15) is 0 Å². The fraction of sp³-hybridized carbons (Fsp3) is 0.667. The van der Waals surface area contributed by atoms with Crippen LogP contribution in [0, 0.1) is 5.92 Å². The Hall–Kier alpha value is 0.140. The molecule has 7 heteroatoms. The van der Waals surface area contributed by atoms with Crippen LogP contribution >= 0.6 is 51.2 Å². The SMILES string of the molecule is CCNC(=NCc1ccc(Br)s1)N(C)CCOCC1CC1.I. The lowest BCUT2D eigenvalue weighted by Gasteiger charge is -2.21. The number of likely N-dealkylation sites (N-methyl/N-ethyl adjacent to an activating group) is 1. The summed E-state index contributed by atoms with van der Waals surface area (Å²) < 4.78 is 6.85. The number of hydrogen-bond donors (Lipinski definition) is 1. The summed E-state index contributed by atoms with van der Waals surface area (Å²) >= 11 is 5.21. The van der Waals surface area contributed by atoms with Crippen LogP contribution in [0.4, 0.5) is 0 Å². The molecule has 4 nitrogen and oxygen atoms in total. The lowest BCUT2D eigenvalue weighted by molar-refractivity contribution is 0.115. The van der Waals surface area contributed by atoms with Crippen molar-refractivity contribution < 1.29 is 4.74 Å². The molecule has 1 aliphatic rings. The maximum atomic E-state index is 5.69. The summed E-state index contributed by atoms with van der Waals surface area (Å²) in [6, 6.07) is 4.18. The third-order valence-electron chi connectivity index (χ3n) is 3.33. The Morgan fingerprint density at radius 1 is 1.50 bits per heavy atom. The van der Waals surface area contributed by atoms with E-state index >= 15 is 0 Å². The van der Waals surface area contributed by atoms with E-state index in [-0.39, 0.29) is 24.0 Å². The van der Waals surface area contributed by atoms with Crippen LogP contribution in [0.1, 0.15) is 24.6 Å². The van der Waals surface area contributed by atoms with Crippen molar-refractivity contribution in [3.8, 4) is 0 Å². The van der Waals surface area contributed by atoms with E-state index in [4.69, 9.17) is 4.74 Å². The quantitative estimate of drug-likeness (QED) is 0.253. The van der Waals surface area contributed by atoms with Crippen molar-refractivity contribution in [1.29, 1.82) is 0 Å². The second-order valence-corrected chi connectivity index (χ2v) is 7.86. The van der Waals surface area contributed by atoms with Crippen LogP contribution in [-0.4, -0.2) is 44.2 Å². The summed E-state index contributed by atoms with van der Waals surface area (Å²) in [5.74, 6) is 1.77. The number of rotatable bonds is 8. The summed E-state index contributed by atoms with van der Waals surface area (Å²) in [5, 5.41) is 3.33. The zero-order chi connectivity index (χ0) is 15.1. The first-order valence-corrected chi connectivity index (χ1v) is 9.11. The van der Waals surface area contributed by atoms with Crippen LogP contribution in [0.5, 0.6) is 0 Å². The van der Waals surface area contributed by atoms with Gasteiger partial charge in [-0.1, -0.05) is 0 Å². The number of halogens is 2. The molecule has 2 rings (SSSR count). The fourth-order valence-electron chi connectivity index (χ4n) is 1.90. The molecule has 1 aromatic heterocycles. The van der Waals surface area contributed by atoms with E-state index in [1.807, 2.05) is 0 Å². The summed E-state index contributed by atoms with van der Waals surface area (Å²) in [7, 11) is 2.06. The first-order valence-electron chi connectivity index (χ1n) is 7.50. The number of guanidine groups is 1. The third kappa shape index (κ3) is 7.61. The molecule has 1 aromatic rings. The van der Waals surface area contributed by atoms with Crippen LogP contribution in [0.25, 0.3) is 0 Å².